The van der Waals surface area contributed by atoms with Crippen LogP contribution in [0.4, 0.5) is 0 Å². The molecule has 1 unspecified atom stereocenters. The highest BCUT2D eigenvalue weighted by Crippen LogP contribution is 2.21. The van der Waals surface area contributed by atoms with Gasteiger partial charge in [0, 0.05) is 31.1 Å². The van der Waals surface area contributed by atoms with Crippen LogP contribution in [0.2, 0.25) is 5.02 Å². The molecule has 0 aromatic heterocycles. The number of likely N-dealkylation sites (tertiary alicyclic amines) is 1. The van der Waals surface area contributed by atoms with Crippen LogP contribution >= 0.6 is 24.0 Å². The van der Waals surface area contributed by atoms with Crippen LogP contribution in [-0.4, -0.2) is 42.9 Å². The third kappa shape index (κ3) is 5.96. The van der Waals surface area contributed by atoms with Crippen LogP contribution in [0.15, 0.2) is 24.3 Å². The van der Waals surface area contributed by atoms with E-state index >= 15 is 0 Å². The Kier molecular flexibility index (Phi) is 8.53. The molecule has 0 radical (unpaired) electrons. The Morgan fingerprint density at radius 2 is 1.83 bits per heavy atom. The van der Waals surface area contributed by atoms with E-state index in [9.17, 15) is 9.59 Å². The quantitative estimate of drug-likeness (QED) is 0.833. The van der Waals surface area contributed by atoms with Crippen molar-refractivity contribution < 1.29 is 9.59 Å². The fourth-order valence-electron chi connectivity index (χ4n) is 2.91. The minimum Gasteiger partial charge on any atom is -0.349 e. The topological polar surface area (TPSA) is 61.4 Å². The second kappa shape index (κ2) is 9.87. The standard InChI is InChI=1S/C17H24ClN3O2.ClH/c1-12(22)20-16(13-3-5-14(18)6-4-13)11-17(23)21-9-7-15(19-2)8-10-21;/h3-6,15-16,19H,7-11H2,1-2H3,(H,20,22);1H. The van der Waals surface area contributed by atoms with Crippen LogP contribution < -0.4 is 10.6 Å². The highest BCUT2D eigenvalue weighted by Gasteiger charge is 2.25. The summed E-state index contributed by atoms with van der Waals surface area (Å²) in [7, 11) is 1.95. The van der Waals surface area contributed by atoms with E-state index in [1.807, 2.05) is 24.1 Å². The molecule has 0 bridgehead atoms. The predicted molar refractivity (Wildman–Crippen MR) is 98.5 cm³/mol. The molecule has 1 fully saturated rings. The molecule has 1 aliphatic heterocycles. The lowest BCUT2D eigenvalue weighted by Gasteiger charge is -2.33. The van der Waals surface area contributed by atoms with Gasteiger partial charge in [0.1, 0.15) is 0 Å². The molecule has 1 heterocycles. The van der Waals surface area contributed by atoms with Crippen LogP contribution in [0.3, 0.4) is 0 Å². The van der Waals surface area contributed by atoms with E-state index in [1.165, 1.54) is 6.92 Å². The van der Waals surface area contributed by atoms with Gasteiger partial charge in [-0.25, -0.2) is 0 Å². The Labute approximate surface area is 154 Å². The van der Waals surface area contributed by atoms with Crippen molar-refractivity contribution in [3.05, 3.63) is 34.9 Å². The summed E-state index contributed by atoms with van der Waals surface area (Å²) in [5, 5.41) is 6.75. The van der Waals surface area contributed by atoms with Crippen LogP contribution in [0.1, 0.15) is 37.8 Å². The minimum atomic E-state index is -0.320. The molecule has 1 saturated heterocycles. The molecule has 1 aliphatic rings. The molecule has 2 rings (SSSR count). The second-order valence-corrected chi connectivity index (χ2v) is 6.39. The van der Waals surface area contributed by atoms with Crippen molar-refractivity contribution in [1.82, 2.24) is 15.5 Å². The fourth-order valence-corrected chi connectivity index (χ4v) is 3.04. The molecule has 1 aromatic rings. The number of hydrogen-bond acceptors (Lipinski definition) is 3. The number of nitrogens with one attached hydrogen (secondary N) is 2. The van der Waals surface area contributed by atoms with Crippen molar-refractivity contribution in [3.63, 3.8) is 0 Å². The molecule has 5 nitrogen and oxygen atoms in total. The Morgan fingerprint density at radius 3 is 2.33 bits per heavy atom. The lowest BCUT2D eigenvalue weighted by molar-refractivity contribution is -0.133. The van der Waals surface area contributed by atoms with E-state index in [0.717, 1.165) is 31.5 Å². The van der Waals surface area contributed by atoms with Gasteiger partial charge in [-0.2, -0.15) is 0 Å². The van der Waals surface area contributed by atoms with Crippen molar-refractivity contribution in [2.45, 2.75) is 38.3 Å². The van der Waals surface area contributed by atoms with E-state index in [-0.39, 0.29) is 36.7 Å². The molecule has 2 amide bonds. The maximum absolute atomic E-state index is 12.6. The van der Waals surface area contributed by atoms with Gasteiger partial charge in [0.15, 0.2) is 0 Å². The van der Waals surface area contributed by atoms with Crippen molar-refractivity contribution in [2.75, 3.05) is 20.1 Å². The van der Waals surface area contributed by atoms with Crippen molar-refractivity contribution in [2.24, 2.45) is 0 Å². The number of nitrogens with zero attached hydrogens (tertiary/aromatic N) is 1. The molecular formula is C17H25Cl2N3O2. The first-order chi connectivity index (χ1) is 11.0. The lowest BCUT2D eigenvalue weighted by Crippen LogP contribution is -2.45. The summed E-state index contributed by atoms with van der Waals surface area (Å²) in [6.07, 6.45) is 2.20. The van der Waals surface area contributed by atoms with Gasteiger partial charge < -0.3 is 15.5 Å². The Balaban J connectivity index is 0.00000288. The van der Waals surface area contributed by atoms with Gasteiger partial charge in [0.2, 0.25) is 11.8 Å². The molecule has 1 atom stereocenters. The van der Waals surface area contributed by atoms with E-state index < -0.39 is 0 Å². The number of rotatable bonds is 5. The summed E-state index contributed by atoms with van der Waals surface area (Å²) >= 11 is 5.91. The highest BCUT2D eigenvalue weighted by molar-refractivity contribution is 6.30. The zero-order chi connectivity index (χ0) is 16.8. The summed E-state index contributed by atoms with van der Waals surface area (Å²) in [6.45, 7) is 2.99. The van der Waals surface area contributed by atoms with E-state index in [0.29, 0.717) is 11.1 Å². The van der Waals surface area contributed by atoms with E-state index in [2.05, 4.69) is 10.6 Å². The van der Waals surface area contributed by atoms with Gasteiger partial charge in [-0.15, -0.1) is 12.4 Å². The molecule has 7 heteroatoms. The average Bonchev–Trinajstić information content (AvgIpc) is 2.54. The van der Waals surface area contributed by atoms with Gasteiger partial charge >= 0.3 is 0 Å². The third-order valence-corrected chi connectivity index (χ3v) is 4.54. The van der Waals surface area contributed by atoms with Crippen molar-refractivity contribution in [3.8, 4) is 0 Å². The monoisotopic (exact) mass is 373 g/mol. The minimum absolute atomic E-state index is 0. The number of piperidine rings is 1. The van der Waals surface area contributed by atoms with Crippen molar-refractivity contribution in [1.29, 1.82) is 0 Å². The third-order valence-electron chi connectivity index (χ3n) is 4.28. The normalized spacial score (nSPS) is 16.2. The maximum Gasteiger partial charge on any atom is 0.224 e. The summed E-state index contributed by atoms with van der Waals surface area (Å²) in [5.41, 5.74) is 0.892. The molecule has 0 spiro atoms. The maximum atomic E-state index is 12.6. The summed E-state index contributed by atoms with van der Waals surface area (Å²) in [6, 6.07) is 7.41. The molecule has 1 aromatic carbocycles. The first-order valence-corrected chi connectivity index (χ1v) is 8.35. The van der Waals surface area contributed by atoms with Gasteiger partial charge in [0.05, 0.1) is 12.5 Å². The van der Waals surface area contributed by atoms with Gasteiger partial charge in [-0.05, 0) is 37.6 Å². The van der Waals surface area contributed by atoms with Crippen molar-refractivity contribution >= 4 is 35.8 Å². The van der Waals surface area contributed by atoms with E-state index in [4.69, 9.17) is 11.6 Å². The Bertz CT molecular complexity index is 543. The summed E-state index contributed by atoms with van der Waals surface area (Å²) < 4.78 is 0. The SMILES string of the molecule is CNC1CCN(C(=O)CC(NC(C)=O)c2ccc(Cl)cc2)CC1.Cl. The van der Waals surface area contributed by atoms with Gasteiger partial charge in [0.25, 0.3) is 0 Å². The second-order valence-electron chi connectivity index (χ2n) is 5.95. The summed E-state index contributed by atoms with van der Waals surface area (Å²) in [5.74, 6) is -0.0695. The number of amides is 2. The number of carbonyl (C=O) groups excluding carboxylic acids is 2. The van der Waals surface area contributed by atoms with Gasteiger partial charge in [-0.3, -0.25) is 9.59 Å². The highest BCUT2D eigenvalue weighted by atomic mass is 35.5. The predicted octanol–water partition coefficient (Wildman–Crippen LogP) is 2.54. The number of carbonyl (C=O) groups is 2. The van der Waals surface area contributed by atoms with Crippen LogP contribution in [-0.2, 0) is 9.59 Å². The molecule has 24 heavy (non-hydrogen) atoms. The molecule has 0 saturated carbocycles. The zero-order valence-corrected chi connectivity index (χ0v) is 15.6. The molecular weight excluding hydrogens is 349 g/mol. The number of benzene rings is 1. The van der Waals surface area contributed by atoms with E-state index in [1.54, 1.807) is 12.1 Å². The zero-order valence-electron chi connectivity index (χ0n) is 14.0. The first-order valence-electron chi connectivity index (χ1n) is 7.97. The first kappa shape index (κ1) is 20.7. The average molecular weight is 374 g/mol. The van der Waals surface area contributed by atoms with Crippen LogP contribution in [0.5, 0.6) is 0 Å². The number of halogens is 2. The van der Waals surface area contributed by atoms with Gasteiger partial charge in [-0.1, -0.05) is 23.7 Å². The number of hydrogen-bond donors (Lipinski definition) is 2. The fraction of sp³-hybridized carbons (Fsp3) is 0.529. The Hall–Kier alpha value is -1.30. The largest absolute Gasteiger partial charge is 0.349 e. The lowest BCUT2D eigenvalue weighted by atomic mass is 10.0. The van der Waals surface area contributed by atoms with Crippen LogP contribution in [0, 0.1) is 0 Å². The molecule has 2 N–H and O–H groups in total. The smallest absolute Gasteiger partial charge is 0.224 e. The van der Waals surface area contributed by atoms with Crippen LogP contribution in [0.25, 0.3) is 0 Å². The molecule has 0 aliphatic carbocycles. The molecule has 134 valence electrons. The Morgan fingerprint density at radius 1 is 1.25 bits per heavy atom. The summed E-state index contributed by atoms with van der Waals surface area (Å²) in [4.78, 5) is 25.9.